The molecule has 17 heavy (non-hydrogen) atoms. The van der Waals surface area contributed by atoms with Gasteiger partial charge in [-0.1, -0.05) is 56.2 Å². The Labute approximate surface area is 105 Å². The molecule has 92 valence electrons. The molecule has 0 aliphatic carbocycles. The maximum atomic E-state index is 12.0. The molecule has 0 aliphatic heterocycles. The lowest BCUT2D eigenvalue weighted by molar-refractivity contribution is 0.0922. The van der Waals surface area contributed by atoms with Crippen LogP contribution < -0.4 is 0 Å². The molecule has 1 heteroatoms. The van der Waals surface area contributed by atoms with Crippen LogP contribution in [0.2, 0.25) is 0 Å². The average Bonchev–Trinajstić information content (AvgIpc) is 2.38. The molecule has 1 unspecified atom stereocenters. The van der Waals surface area contributed by atoms with Gasteiger partial charge in [0.15, 0.2) is 5.78 Å². The van der Waals surface area contributed by atoms with Gasteiger partial charge in [0.2, 0.25) is 0 Å². The fourth-order valence-corrected chi connectivity index (χ4v) is 1.93. The van der Waals surface area contributed by atoms with Crippen LogP contribution in [0.3, 0.4) is 0 Å². The van der Waals surface area contributed by atoms with E-state index in [0.717, 1.165) is 24.8 Å². The number of allylic oxidation sites excluding steroid dienone is 1. The van der Waals surface area contributed by atoms with Gasteiger partial charge in [-0.25, -0.2) is 0 Å². The standard InChI is InChI=1S/C16H22O/c1-3-4-5-6-8-11-14(2)16(17)15-12-9-7-10-13-15/h3,7,9-10,12-14H,1,4-6,8,11H2,2H3. The zero-order valence-electron chi connectivity index (χ0n) is 10.7. The van der Waals surface area contributed by atoms with E-state index in [9.17, 15) is 4.79 Å². The topological polar surface area (TPSA) is 17.1 Å². The van der Waals surface area contributed by atoms with E-state index in [4.69, 9.17) is 0 Å². The molecule has 0 saturated heterocycles. The predicted octanol–water partition coefficient (Wildman–Crippen LogP) is 4.64. The largest absolute Gasteiger partial charge is 0.294 e. The van der Waals surface area contributed by atoms with E-state index in [0.29, 0.717) is 0 Å². The Hall–Kier alpha value is -1.37. The molecular weight excluding hydrogens is 208 g/mol. The number of benzene rings is 1. The predicted molar refractivity (Wildman–Crippen MR) is 73.2 cm³/mol. The van der Waals surface area contributed by atoms with E-state index >= 15 is 0 Å². The van der Waals surface area contributed by atoms with Crippen LogP contribution in [0.15, 0.2) is 43.0 Å². The molecular formula is C16H22O. The summed E-state index contributed by atoms with van der Waals surface area (Å²) in [6.07, 6.45) is 7.55. The van der Waals surface area contributed by atoms with Gasteiger partial charge in [0.05, 0.1) is 0 Å². The molecule has 0 aliphatic rings. The molecule has 0 saturated carbocycles. The van der Waals surface area contributed by atoms with Crippen LogP contribution in [-0.2, 0) is 0 Å². The van der Waals surface area contributed by atoms with Crippen LogP contribution in [0.4, 0.5) is 0 Å². The van der Waals surface area contributed by atoms with Gasteiger partial charge in [-0.3, -0.25) is 4.79 Å². The molecule has 1 aromatic rings. The normalized spacial score (nSPS) is 12.1. The minimum Gasteiger partial charge on any atom is -0.294 e. The Morgan fingerprint density at radius 2 is 1.94 bits per heavy atom. The van der Waals surface area contributed by atoms with E-state index in [1.807, 2.05) is 43.3 Å². The van der Waals surface area contributed by atoms with Gasteiger partial charge in [-0.15, -0.1) is 6.58 Å². The molecule has 0 fully saturated rings. The lowest BCUT2D eigenvalue weighted by atomic mass is 9.94. The van der Waals surface area contributed by atoms with Gasteiger partial charge < -0.3 is 0 Å². The van der Waals surface area contributed by atoms with Crippen LogP contribution in [0.5, 0.6) is 0 Å². The SMILES string of the molecule is C=CCCCCCC(C)C(=O)c1ccccc1. The van der Waals surface area contributed by atoms with Crippen molar-refractivity contribution in [2.24, 2.45) is 5.92 Å². The highest BCUT2D eigenvalue weighted by Gasteiger charge is 2.13. The van der Waals surface area contributed by atoms with Gasteiger partial charge >= 0.3 is 0 Å². The molecule has 1 nitrogen and oxygen atoms in total. The van der Waals surface area contributed by atoms with Crippen LogP contribution in [0.25, 0.3) is 0 Å². The number of hydrogen-bond donors (Lipinski definition) is 0. The zero-order chi connectivity index (χ0) is 12.5. The maximum Gasteiger partial charge on any atom is 0.165 e. The Morgan fingerprint density at radius 1 is 1.24 bits per heavy atom. The summed E-state index contributed by atoms with van der Waals surface area (Å²) in [6, 6.07) is 9.58. The molecule has 1 aromatic carbocycles. The molecule has 0 N–H and O–H groups in total. The molecule has 0 bridgehead atoms. The first-order valence-corrected chi connectivity index (χ1v) is 6.46. The third kappa shape index (κ3) is 4.99. The number of carbonyl (C=O) groups excluding carboxylic acids is 1. The van der Waals surface area contributed by atoms with Gasteiger partial charge in [-0.05, 0) is 19.3 Å². The molecule has 0 heterocycles. The maximum absolute atomic E-state index is 12.0. The average molecular weight is 230 g/mol. The molecule has 1 rings (SSSR count). The van der Waals surface area contributed by atoms with Crippen LogP contribution in [0, 0.1) is 5.92 Å². The first-order chi connectivity index (χ1) is 8.25. The van der Waals surface area contributed by atoms with E-state index in [-0.39, 0.29) is 11.7 Å². The number of hydrogen-bond acceptors (Lipinski definition) is 1. The highest BCUT2D eigenvalue weighted by molar-refractivity contribution is 5.97. The smallest absolute Gasteiger partial charge is 0.165 e. The zero-order valence-corrected chi connectivity index (χ0v) is 10.7. The van der Waals surface area contributed by atoms with Crippen molar-refractivity contribution in [2.45, 2.75) is 39.0 Å². The van der Waals surface area contributed by atoms with E-state index < -0.39 is 0 Å². The highest BCUT2D eigenvalue weighted by atomic mass is 16.1. The third-order valence-corrected chi connectivity index (χ3v) is 3.05. The van der Waals surface area contributed by atoms with Crippen LogP contribution in [-0.4, -0.2) is 5.78 Å². The second kappa shape index (κ2) is 7.83. The monoisotopic (exact) mass is 230 g/mol. The van der Waals surface area contributed by atoms with Crippen molar-refractivity contribution in [1.29, 1.82) is 0 Å². The highest BCUT2D eigenvalue weighted by Crippen LogP contribution is 2.16. The van der Waals surface area contributed by atoms with Crippen molar-refractivity contribution in [2.75, 3.05) is 0 Å². The van der Waals surface area contributed by atoms with E-state index in [2.05, 4.69) is 6.58 Å². The quantitative estimate of drug-likeness (QED) is 0.361. The summed E-state index contributed by atoms with van der Waals surface area (Å²) < 4.78 is 0. The summed E-state index contributed by atoms with van der Waals surface area (Å²) in [4.78, 5) is 12.0. The Bertz CT molecular complexity index is 340. The van der Waals surface area contributed by atoms with Crippen molar-refractivity contribution in [1.82, 2.24) is 0 Å². The summed E-state index contributed by atoms with van der Waals surface area (Å²) in [5.41, 5.74) is 0.839. The number of unbranched alkanes of at least 4 members (excludes halogenated alkanes) is 3. The van der Waals surface area contributed by atoms with Crippen molar-refractivity contribution >= 4 is 5.78 Å². The Kier molecular flexibility index (Phi) is 6.31. The number of carbonyl (C=O) groups is 1. The lowest BCUT2D eigenvalue weighted by Crippen LogP contribution is -2.11. The molecule has 0 aromatic heterocycles. The Balaban J connectivity index is 2.30. The van der Waals surface area contributed by atoms with E-state index in [1.165, 1.54) is 12.8 Å². The first-order valence-electron chi connectivity index (χ1n) is 6.46. The molecule has 1 atom stereocenters. The number of Topliss-reactive ketones (excluding diaryl/α,β-unsaturated/α-hetero) is 1. The van der Waals surface area contributed by atoms with Crippen molar-refractivity contribution in [3.05, 3.63) is 48.6 Å². The van der Waals surface area contributed by atoms with Crippen molar-refractivity contribution < 1.29 is 4.79 Å². The van der Waals surface area contributed by atoms with Gasteiger partial charge in [0.25, 0.3) is 0 Å². The minimum absolute atomic E-state index is 0.140. The molecule has 0 spiro atoms. The lowest BCUT2D eigenvalue weighted by Gasteiger charge is -2.09. The first kappa shape index (κ1) is 13.7. The fourth-order valence-electron chi connectivity index (χ4n) is 1.93. The minimum atomic E-state index is 0.140. The third-order valence-electron chi connectivity index (χ3n) is 3.05. The Morgan fingerprint density at radius 3 is 2.59 bits per heavy atom. The fraction of sp³-hybridized carbons (Fsp3) is 0.438. The molecule has 0 radical (unpaired) electrons. The number of ketones is 1. The second-order valence-corrected chi connectivity index (χ2v) is 4.56. The summed E-state index contributed by atoms with van der Waals surface area (Å²) in [7, 11) is 0. The van der Waals surface area contributed by atoms with Crippen LogP contribution >= 0.6 is 0 Å². The van der Waals surface area contributed by atoms with E-state index in [1.54, 1.807) is 0 Å². The van der Waals surface area contributed by atoms with Gasteiger partial charge in [0, 0.05) is 11.5 Å². The van der Waals surface area contributed by atoms with Crippen molar-refractivity contribution in [3.8, 4) is 0 Å². The molecule has 0 amide bonds. The summed E-state index contributed by atoms with van der Waals surface area (Å²) >= 11 is 0. The number of rotatable bonds is 8. The van der Waals surface area contributed by atoms with Gasteiger partial charge in [0.1, 0.15) is 0 Å². The summed E-state index contributed by atoms with van der Waals surface area (Å²) in [6.45, 7) is 5.74. The summed E-state index contributed by atoms with van der Waals surface area (Å²) in [5.74, 6) is 0.412. The second-order valence-electron chi connectivity index (χ2n) is 4.56. The van der Waals surface area contributed by atoms with Gasteiger partial charge in [-0.2, -0.15) is 0 Å². The summed E-state index contributed by atoms with van der Waals surface area (Å²) in [5, 5.41) is 0. The van der Waals surface area contributed by atoms with Crippen LogP contribution in [0.1, 0.15) is 49.4 Å². The van der Waals surface area contributed by atoms with Crippen molar-refractivity contribution in [3.63, 3.8) is 0 Å².